The second-order valence-corrected chi connectivity index (χ2v) is 11.2. The van der Waals surface area contributed by atoms with Crippen molar-refractivity contribution in [2.45, 2.75) is 19.4 Å². The maximum Gasteiger partial charge on any atom is 0.331 e. The number of hydrogen-bond donors (Lipinski definition) is 2. The summed E-state index contributed by atoms with van der Waals surface area (Å²) in [6.07, 6.45) is 2.94. The number of aromatic nitrogens is 2. The summed E-state index contributed by atoms with van der Waals surface area (Å²) >= 11 is 6.40. The van der Waals surface area contributed by atoms with E-state index in [2.05, 4.69) is 15.7 Å². The van der Waals surface area contributed by atoms with Crippen LogP contribution < -0.4 is 10.6 Å². The molecule has 198 valence electrons. The lowest BCUT2D eigenvalue weighted by molar-refractivity contribution is -0.142. The van der Waals surface area contributed by atoms with Crippen molar-refractivity contribution in [3.05, 3.63) is 82.6 Å². The van der Waals surface area contributed by atoms with Crippen molar-refractivity contribution in [1.29, 1.82) is 0 Å². The molecule has 2 heterocycles. The van der Waals surface area contributed by atoms with Gasteiger partial charge in [-0.2, -0.15) is 5.10 Å². The molecule has 1 saturated heterocycles. The lowest BCUT2D eigenvalue weighted by atomic mass is 10.1. The Kier molecular flexibility index (Phi) is 8.28. The van der Waals surface area contributed by atoms with Crippen LogP contribution in [0.25, 0.3) is 6.08 Å². The molecule has 1 atom stereocenters. The summed E-state index contributed by atoms with van der Waals surface area (Å²) < 4.78 is 30.1. The third kappa shape index (κ3) is 6.67. The molecule has 38 heavy (non-hydrogen) atoms. The summed E-state index contributed by atoms with van der Waals surface area (Å²) in [4.78, 5) is 37.3. The molecule has 1 aliphatic heterocycles. The van der Waals surface area contributed by atoms with Gasteiger partial charge < -0.3 is 15.4 Å². The number of hydrogen-bond acceptors (Lipinski definition) is 7. The molecule has 3 aromatic rings. The maximum atomic E-state index is 12.7. The molecule has 0 spiro atoms. The van der Waals surface area contributed by atoms with Crippen molar-refractivity contribution in [2.75, 3.05) is 28.7 Å². The average Bonchev–Trinajstić information content (AvgIpc) is 3.39. The van der Waals surface area contributed by atoms with E-state index in [0.717, 1.165) is 6.08 Å². The van der Waals surface area contributed by atoms with Crippen molar-refractivity contribution >= 4 is 56.7 Å². The first-order valence-electron chi connectivity index (χ1n) is 11.7. The summed E-state index contributed by atoms with van der Waals surface area (Å²) in [7, 11) is -3.12. The number of aryl methyl sites for hydroxylation is 1. The largest absolute Gasteiger partial charge is 0.452 e. The number of anilines is 2. The Morgan fingerprint density at radius 2 is 1.82 bits per heavy atom. The molecule has 2 aromatic carbocycles. The van der Waals surface area contributed by atoms with E-state index in [0.29, 0.717) is 23.4 Å². The number of esters is 1. The number of sulfone groups is 1. The molecule has 0 saturated carbocycles. The molecule has 2 amide bonds. The number of rotatable bonds is 8. The lowest BCUT2D eigenvalue weighted by Gasteiger charge is -2.11. The van der Waals surface area contributed by atoms with Crippen LogP contribution in [0.15, 0.2) is 60.7 Å². The molecule has 0 bridgehead atoms. The lowest BCUT2D eigenvalue weighted by Crippen LogP contribution is -2.22. The molecule has 12 heteroatoms. The van der Waals surface area contributed by atoms with Crippen LogP contribution in [-0.4, -0.2) is 54.1 Å². The van der Waals surface area contributed by atoms with Gasteiger partial charge in [-0.15, -0.1) is 0 Å². The Hall–Kier alpha value is -3.96. The molecular formula is C26H25ClN4O6S. The van der Waals surface area contributed by atoms with Gasteiger partial charge in [0.25, 0.3) is 11.8 Å². The van der Waals surface area contributed by atoms with E-state index in [1.165, 1.54) is 10.8 Å². The van der Waals surface area contributed by atoms with E-state index in [4.69, 9.17) is 16.3 Å². The van der Waals surface area contributed by atoms with Crippen LogP contribution in [0, 0.1) is 6.92 Å². The van der Waals surface area contributed by atoms with Gasteiger partial charge in [0.15, 0.2) is 16.4 Å². The Morgan fingerprint density at radius 1 is 1.11 bits per heavy atom. The molecule has 1 fully saturated rings. The van der Waals surface area contributed by atoms with Gasteiger partial charge in [0.1, 0.15) is 5.15 Å². The third-order valence-corrected chi connectivity index (χ3v) is 7.96. The van der Waals surface area contributed by atoms with Gasteiger partial charge in [-0.3, -0.25) is 9.59 Å². The normalized spacial score (nSPS) is 16.3. The molecule has 1 unspecified atom stereocenters. The highest BCUT2D eigenvalue weighted by Gasteiger charge is 2.31. The van der Waals surface area contributed by atoms with Crippen molar-refractivity contribution in [3.8, 4) is 0 Å². The van der Waals surface area contributed by atoms with E-state index in [1.54, 1.807) is 55.5 Å². The van der Waals surface area contributed by atoms with Gasteiger partial charge in [-0.25, -0.2) is 17.9 Å². The number of nitrogens with zero attached hydrogens (tertiary/aromatic N) is 2. The molecule has 4 rings (SSSR count). The fourth-order valence-corrected chi connectivity index (χ4v) is 6.03. The topological polar surface area (TPSA) is 136 Å². The zero-order chi connectivity index (χ0) is 27.3. The zero-order valence-corrected chi connectivity index (χ0v) is 22.0. The molecule has 0 aliphatic carbocycles. The molecule has 2 N–H and O–H groups in total. The van der Waals surface area contributed by atoms with Gasteiger partial charge in [-0.1, -0.05) is 41.9 Å². The minimum atomic E-state index is -3.12. The van der Waals surface area contributed by atoms with Gasteiger partial charge >= 0.3 is 5.97 Å². The number of nitrogens with one attached hydrogen (secondary N) is 2. The summed E-state index contributed by atoms with van der Waals surface area (Å²) in [5, 5.41) is 9.88. The second-order valence-electron chi connectivity index (χ2n) is 8.65. The number of para-hydroxylation sites is 2. The van der Waals surface area contributed by atoms with Gasteiger partial charge in [0.2, 0.25) is 0 Å². The quantitative estimate of drug-likeness (QED) is 0.319. The highest BCUT2D eigenvalue weighted by molar-refractivity contribution is 7.91. The van der Waals surface area contributed by atoms with Crippen LogP contribution in [0.3, 0.4) is 0 Å². The molecular weight excluding hydrogens is 532 g/mol. The van der Waals surface area contributed by atoms with E-state index >= 15 is 0 Å². The Labute approximate surface area is 224 Å². The Morgan fingerprint density at radius 3 is 2.53 bits per heavy atom. The van der Waals surface area contributed by atoms with Crippen LogP contribution in [0.1, 0.15) is 34.1 Å². The van der Waals surface area contributed by atoms with Crippen LogP contribution in [0.2, 0.25) is 5.15 Å². The summed E-state index contributed by atoms with van der Waals surface area (Å²) in [6, 6.07) is 15.0. The van der Waals surface area contributed by atoms with Crippen molar-refractivity contribution < 1.29 is 27.5 Å². The van der Waals surface area contributed by atoms with Crippen LogP contribution in [-0.2, 0) is 24.2 Å². The highest BCUT2D eigenvalue weighted by atomic mass is 35.5. The minimum absolute atomic E-state index is 0.0365. The summed E-state index contributed by atoms with van der Waals surface area (Å²) in [5.41, 5.74) is 2.09. The average molecular weight is 557 g/mol. The number of carbonyl (C=O) groups excluding carboxylic acids is 3. The Balaban J connectivity index is 1.33. The fraction of sp³-hybridized carbons (Fsp3) is 0.231. The molecule has 1 aromatic heterocycles. The van der Waals surface area contributed by atoms with Crippen LogP contribution in [0.4, 0.5) is 11.4 Å². The monoisotopic (exact) mass is 556 g/mol. The Bertz CT molecular complexity index is 1500. The zero-order valence-electron chi connectivity index (χ0n) is 20.4. The number of halogens is 1. The first-order chi connectivity index (χ1) is 18.1. The standard InChI is InChI=1S/C26H25ClN4O6S/c1-17-20(25(27)31(30-17)19-13-14-38(35,36)16-19)11-12-24(33)37-15-23(32)29-22-10-6-5-9-21(22)26(34)28-18-7-3-2-4-8-18/h2-12,19H,13-16H2,1H3,(H,28,34)(H,29,32)/b12-11+. The minimum Gasteiger partial charge on any atom is -0.452 e. The first-order valence-corrected chi connectivity index (χ1v) is 13.9. The first kappa shape index (κ1) is 27.1. The van der Waals surface area contributed by atoms with Crippen molar-refractivity contribution in [3.63, 3.8) is 0 Å². The number of ether oxygens (including phenoxy) is 1. The maximum absolute atomic E-state index is 12.7. The summed E-state index contributed by atoms with van der Waals surface area (Å²) in [6.45, 7) is 1.11. The van der Waals surface area contributed by atoms with E-state index < -0.39 is 34.2 Å². The number of amides is 2. The van der Waals surface area contributed by atoms with Crippen molar-refractivity contribution in [1.82, 2.24) is 9.78 Å². The van der Waals surface area contributed by atoms with Crippen LogP contribution in [0.5, 0.6) is 0 Å². The van der Waals surface area contributed by atoms with Crippen LogP contribution >= 0.6 is 11.6 Å². The van der Waals surface area contributed by atoms with E-state index in [9.17, 15) is 22.8 Å². The summed E-state index contributed by atoms with van der Waals surface area (Å²) in [5.74, 6) is -1.78. The van der Waals surface area contributed by atoms with E-state index in [-0.39, 0.29) is 34.0 Å². The molecule has 1 aliphatic rings. The predicted octanol–water partition coefficient (Wildman–Crippen LogP) is 3.65. The van der Waals surface area contributed by atoms with E-state index in [1.807, 2.05) is 6.07 Å². The smallest absolute Gasteiger partial charge is 0.331 e. The number of benzene rings is 2. The van der Waals surface area contributed by atoms with Crippen molar-refractivity contribution in [2.24, 2.45) is 0 Å². The van der Waals surface area contributed by atoms with Gasteiger partial charge in [-0.05, 0) is 43.7 Å². The van der Waals surface area contributed by atoms with Gasteiger partial charge in [0, 0.05) is 17.3 Å². The number of carbonyl (C=O) groups is 3. The third-order valence-electron chi connectivity index (χ3n) is 5.83. The SMILES string of the molecule is Cc1nn(C2CCS(=O)(=O)C2)c(Cl)c1/C=C/C(=O)OCC(=O)Nc1ccccc1C(=O)Nc1ccccc1. The fourth-order valence-electron chi connectivity index (χ4n) is 3.96. The van der Waals surface area contributed by atoms with Gasteiger partial charge in [0.05, 0.1) is 34.5 Å². The second kappa shape index (κ2) is 11.6. The molecule has 0 radical (unpaired) electrons. The predicted molar refractivity (Wildman–Crippen MR) is 144 cm³/mol. The highest BCUT2D eigenvalue weighted by Crippen LogP contribution is 2.30. The molecule has 10 nitrogen and oxygen atoms in total.